The Balaban J connectivity index is 2.93. The minimum absolute atomic E-state index is 0.0691. The molecule has 0 aliphatic heterocycles. The van der Waals surface area contributed by atoms with Gasteiger partial charge in [0.25, 0.3) is 0 Å². The molecule has 0 aromatic carbocycles. The van der Waals surface area contributed by atoms with Crippen LogP contribution in [0.5, 0.6) is 0 Å². The van der Waals surface area contributed by atoms with Gasteiger partial charge in [-0.3, -0.25) is 0 Å². The van der Waals surface area contributed by atoms with E-state index in [4.69, 9.17) is 9.68 Å². The van der Waals surface area contributed by atoms with Gasteiger partial charge < -0.3 is 9.68 Å². The Morgan fingerprint density at radius 1 is 1.20 bits per heavy atom. The van der Waals surface area contributed by atoms with Crippen LogP contribution in [0.4, 0.5) is 0 Å². The summed E-state index contributed by atoms with van der Waals surface area (Å²) >= 11 is 0. The van der Waals surface area contributed by atoms with Crippen molar-refractivity contribution in [3.63, 3.8) is 0 Å². The number of nitrogens with zero attached hydrogens (tertiary/aromatic N) is 2. The molecule has 1 saturated carbocycles. The molecule has 0 saturated heterocycles. The van der Waals surface area contributed by atoms with Crippen LogP contribution in [-0.2, 0) is 9.68 Å². The Morgan fingerprint density at radius 2 is 1.73 bits per heavy atom. The lowest BCUT2D eigenvalue weighted by Crippen LogP contribution is -2.43. The van der Waals surface area contributed by atoms with E-state index >= 15 is 0 Å². The van der Waals surface area contributed by atoms with Gasteiger partial charge in [0, 0.05) is 12.3 Å². The number of hydrogen-bond donors (Lipinski definition) is 0. The Labute approximate surface area is 88.2 Å². The average Bonchev–Trinajstić information content (AvgIpc) is 2.49. The molecule has 1 aliphatic rings. The molecule has 1 unspecified atom stereocenters. The summed E-state index contributed by atoms with van der Waals surface area (Å²) in [5.74, 6) is -1.33. The van der Waals surface area contributed by atoms with Crippen molar-refractivity contribution in [2.75, 3.05) is 0 Å². The summed E-state index contributed by atoms with van der Waals surface area (Å²) in [6, 6.07) is 0. The van der Waals surface area contributed by atoms with Crippen LogP contribution in [-0.4, -0.2) is 5.79 Å². The zero-order valence-electron chi connectivity index (χ0n) is 9.23. The Hall–Kier alpha value is -1.20. The highest BCUT2D eigenvalue weighted by atomic mass is 16.9. The van der Waals surface area contributed by atoms with E-state index in [1.54, 1.807) is 0 Å². The molecule has 0 radical (unpaired) electrons. The second-order valence-corrected chi connectivity index (χ2v) is 4.95. The molecule has 0 aromatic heterocycles. The molecule has 86 valence electrons. The topological polar surface area (TPSA) is 77.3 Å². The molecule has 1 fully saturated rings. The smallest absolute Gasteiger partial charge is 0.309 e. The minimum Gasteiger partial charge on any atom is -0.313 e. The SMILES string of the molecule is CC(C)(C)C1CCCC1(ON=O)ON=O. The molecule has 0 spiro atoms. The summed E-state index contributed by atoms with van der Waals surface area (Å²) in [5.41, 5.74) is -0.133. The fourth-order valence-electron chi connectivity index (χ4n) is 2.40. The maximum absolute atomic E-state index is 10.2. The third-order valence-corrected chi connectivity index (χ3v) is 2.98. The molecule has 0 aromatic rings. The van der Waals surface area contributed by atoms with Crippen LogP contribution < -0.4 is 0 Å². The molecule has 1 aliphatic carbocycles. The highest BCUT2D eigenvalue weighted by Gasteiger charge is 2.54. The molecule has 6 nitrogen and oxygen atoms in total. The van der Waals surface area contributed by atoms with E-state index in [0.717, 1.165) is 12.8 Å². The van der Waals surface area contributed by atoms with Gasteiger partial charge in [-0.1, -0.05) is 20.8 Å². The highest BCUT2D eigenvalue weighted by Crippen LogP contribution is 2.49. The number of rotatable bonds is 4. The molecule has 6 heteroatoms. The largest absolute Gasteiger partial charge is 0.313 e. The summed E-state index contributed by atoms with van der Waals surface area (Å²) in [7, 11) is 0. The van der Waals surface area contributed by atoms with Gasteiger partial charge in [0.15, 0.2) is 10.7 Å². The van der Waals surface area contributed by atoms with E-state index in [1.807, 2.05) is 20.8 Å². The van der Waals surface area contributed by atoms with E-state index in [9.17, 15) is 9.81 Å². The summed E-state index contributed by atoms with van der Waals surface area (Å²) in [6.07, 6.45) is 2.12. The van der Waals surface area contributed by atoms with E-state index in [-0.39, 0.29) is 11.3 Å². The Morgan fingerprint density at radius 3 is 2.13 bits per heavy atom. The lowest BCUT2D eigenvalue weighted by Gasteiger charge is -2.36. The zero-order valence-corrected chi connectivity index (χ0v) is 9.23. The van der Waals surface area contributed by atoms with Crippen molar-refractivity contribution in [2.45, 2.75) is 45.8 Å². The van der Waals surface area contributed by atoms with Crippen molar-refractivity contribution >= 4 is 0 Å². The lowest BCUT2D eigenvalue weighted by molar-refractivity contribution is -0.275. The molecular weight excluding hydrogens is 200 g/mol. The quantitative estimate of drug-likeness (QED) is 0.411. The zero-order chi connectivity index (χ0) is 11.5. The highest BCUT2D eigenvalue weighted by molar-refractivity contribution is 4.92. The average molecular weight is 216 g/mol. The molecule has 0 N–H and O–H groups in total. The van der Waals surface area contributed by atoms with Crippen LogP contribution in [0.1, 0.15) is 40.0 Å². The van der Waals surface area contributed by atoms with Crippen LogP contribution in [0, 0.1) is 21.1 Å². The van der Waals surface area contributed by atoms with Gasteiger partial charge in [-0.15, -0.1) is 9.81 Å². The normalized spacial score (nSPS) is 24.6. The van der Waals surface area contributed by atoms with Gasteiger partial charge in [-0.05, 0) is 18.3 Å². The van der Waals surface area contributed by atoms with Gasteiger partial charge in [0.05, 0.1) is 0 Å². The van der Waals surface area contributed by atoms with Gasteiger partial charge in [-0.25, -0.2) is 0 Å². The first-order valence-electron chi connectivity index (χ1n) is 4.98. The molecule has 0 bridgehead atoms. The van der Waals surface area contributed by atoms with E-state index < -0.39 is 5.79 Å². The Bertz CT molecular complexity index is 239. The minimum atomic E-state index is -1.26. The summed E-state index contributed by atoms with van der Waals surface area (Å²) in [6.45, 7) is 6.00. The van der Waals surface area contributed by atoms with Gasteiger partial charge in [0.2, 0.25) is 0 Å². The maximum atomic E-state index is 10.2. The molecule has 1 rings (SSSR count). The van der Waals surface area contributed by atoms with Crippen LogP contribution in [0.2, 0.25) is 0 Å². The maximum Gasteiger partial charge on any atom is 0.309 e. The summed E-state index contributed by atoms with van der Waals surface area (Å²) < 4.78 is 0. The Kier molecular flexibility index (Phi) is 3.26. The third-order valence-electron chi connectivity index (χ3n) is 2.98. The molecular formula is C9H16N2O4. The predicted octanol–water partition coefficient (Wildman–Crippen LogP) is 2.92. The molecule has 0 heterocycles. The molecule has 0 amide bonds. The number of hydrogen-bond acceptors (Lipinski definition) is 6. The van der Waals surface area contributed by atoms with Gasteiger partial charge in [-0.2, -0.15) is 0 Å². The monoisotopic (exact) mass is 216 g/mol. The van der Waals surface area contributed by atoms with Crippen LogP contribution >= 0.6 is 0 Å². The van der Waals surface area contributed by atoms with Crippen molar-refractivity contribution in [3.05, 3.63) is 9.81 Å². The van der Waals surface area contributed by atoms with Crippen LogP contribution in [0.15, 0.2) is 10.7 Å². The van der Waals surface area contributed by atoms with Crippen molar-refractivity contribution in [1.82, 2.24) is 0 Å². The van der Waals surface area contributed by atoms with E-state index in [1.165, 1.54) is 0 Å². The second kappa shape index (κ2) is 4.12. The van der Waals surface area contributed by atoms with Crippen molar-refractivity contribution < 1.29 is 9.68 Å². The van der Waals surface area contributed by atoms with Gasteiger partial charge in [0.1, 0.15) is 0 Å². The second-order valence-electron chi connectivity index (χ2n) is 4.95. The van der Waals surface area contributed by atoms with Crippen LogP contribution in [0.3, 0.4) is 0 Å². The van der Waals surface area contributed by atoms with Crippen molar-refractivity contribution in [1.29, 1.82) is 0 Å². The fourth-order valence-corrected chi connectivity index (χ4v) is 2.40. The van der Waals surface area contributed by atoms with Crippen LogP contribution in [0.25, 0.3) is 0 Å². The predicted molar refractivity (Wildman–Crippen MR) is 53.3 cm³/mol. The first-order chi connectivity index (χ1) is 6.96. The molecule has 15 heavy (non-hydrogen) atoms. The van der Waals surface area contributed by atoms with Crippen molar-refractivity contribution in [3.8, 4) is 0 Å². The molecule has 1 atom stereocenters. The summed E-state index contributed by atoms with van der Waals surface area (Å²) in [4.78, 5) is 29.9. The third kappa shape index (κ3) is 2.24. The first-order valence-corrected chi connectivity index (χ1v) is 4.98. The van der Waals surface area contributed by atoms with E-state index in [2.05, 4.69) is 10.7 Å². The van der Waals surface area contributed by atoms with Gasteiger partial charge >= 0.3 is 5.79 Å². The fraction of sp³-hybridized carbons (Fsp3) is 1.00. The van der Waals surface area contributed by atoms with E-state index in [0.29, 0.717) is 6.42 Å². The summed E-state index contributed by atoms with van der Waals surface area (Å²) in [5, 5.41) is 4.80. The lowest BCUT2D eigenvalue weighted by atomic mass is 9.77. The standard InChI is InChI=1S/C9H16N2O4/c1-8(2,3)7-5-4-6-9(7,14-10-12)15-11-13/h7H,4-6H2,1-3H3. The first kappa shape index (κ1) is 11.9. The van der Waals surface area contributed by atoms with Crippen molar-refractivity contribution in [2.24, 2.45) is 22.0 Å².